The number of aliphatic hydroxyl groups is 2. The van der Waals surface area contributed by atoms with Crippen LogP contribution < -0.4 is 0 Å². The Morgan fingerprint density at radius 2 is 2.25 bits per heavy atom. The van der Waals surface area contributed by atoms with E-state index in [1.54, 1.807) is 0 Å². The van der Waals surface area contributed by atoms with Gasteiger partial charge >= 0.3 is 0 Å². The van der Waals surface area contributed by atoms with Gasteiger partial charge in [-0.25, -0.2) is 0 Å². The van der Waals surface area contributed by atoms with Crippen molar-refractivity contribution in [3.8, 4) is 0 Å². The number of hydrogen-bond donors (Lipinski definition) is 2. The van der Waals surface area contributed by atoms with E-state index >= 15 is 0 Å². The van der Waals surface area contributed by atoms with Crippen LogP contribution in [0.5, 0.6) is 0 Å². The number of ketones is 1. The molecule has 1 unspecified atom stereocenters. The molecule has 2 N–H and O–H groups in total. The minimum absolute atomic E-state index is 0.0814. The summed E-state index contributed by atoms with van der Waals surface area (Å²) in [7, 11) is 2.63. The molecule has 0 rings (SSSR count). The Labute approximate surface area is 79.6 Å². The van der Waals surface area contributed by atoms with Crippen LogP contribution in [0.3, 0.4) is 0 Å². The largest absolute Gasteiger partial charge is 0.395 e. The average Bonchev–Trinajstić information content (AvgIpc) is 2.11. The summed E-state index contributed by atoms with van der Waals surface area (Å²) in [4.78, 5) is 11.0. The van der Waals surface area contributed by atoms with Gasteiger partial charge in [0.15, 0.2) is 5.78 Å². The van der Waals surface area contributed by atoms with Gasteiger partial charge in [0.2, 0.25) is 0 Å². The molecule has 0 aromatic carbocycles. The second-order valence-corrected chi connectivity index (χ2v) is 4.61. The van der Waals surface area contributed by atoms with Crippen LogP contribution in [0.25, 0.3) is 0 Å². The smallest absolute Gasteiger partial charge is 0.171 e. The summed E-state index contributed by atoms with van der Waals surface area (Å²) in [6, 6.07) is 0. The van der Waals surface area contributed by atoms with Gasteiger partial charge in [0.05, 0.1) is 13.2 Å². The fourth-order valence-electron chi connectivity index (χ4n) is 0.467. The maximum atomic E-state index is 11.0. The first-order chi connectivity index (χ1) is 5.76. The van der Waals surface area contributed by atoms with Crippen molar-refractivity contribution in [2.45, 2.75) is 5.25 Å². The van der Waals surface area contributed by atoms with Crippen molar-refractivity contribution in [3.05, 3.63) is 12.7 Å². The fraction of sp³-hybridized carbons (Fsp3) is 0.571. The highest BCUT2D eigenvalue weighted by atomic mass is 33.1. The van der Waals surface area contributed by atoms with Crippen molar-refractivity contribution in [1.82, 2.24) is 0 Å². The van der Waals surface area contributed by atoms with Gasteiger partial charge in [0, 0.05) is 5.75 Å². The Bertz CT molecular complexity index is 150. The van der Waals surface area contributed by atoms with E-state index in [-0.39, 0.29) is 19.0 Å². The first kappa shape index (κ1) is 12.0. The molecule has 0 fully saturated rings. The van der Waals surface area contributed by atoms with E-state index < -0.39 is 5.25 Å². The summed E-state index contributed by atoms with van der Waals surface area (Å²) < 4.78 is 0. The number of allylic oxidation sites excluding steroid dienone is 1. The molecule has 0 bridgehead atoms. The van der Waals surface area contributed by atoms with Gasteiger partial charge in [0.25, 0.3) is 0 Å². The Morgan fingerprint density at radius 1 is 1.58 bits per heavy atom. The molecule has 0 amide bonds. The summed E-state index contributed by atoms with van der Waals surface area (Å²) in [6.07, 6.45) is 1.20. The van der Waals surface area contributed by atoms with Gasteiger partial charge < -0.3 is 10.2 Å². The van der Waals surface area contributed by atoms with Crippen molar-refractivity contribution < 1.29 is 15.0 Å². The van der Waals surface area contributed by atoms with Gasteiger partial charge in [-0.2, -0.15) is 0 Å². The highest BCUT2D eigenvalue weighted by molar-refractivity contribution is 8.77. The molecule has 1 atom stereocenters. The van der Waals surface area contributed by atoms with E-state index in [4.69, 9.17) is 10.2 Å². The summed E-state index contributed by atoms with van der Waals surface area (Å²) in [6.45, 7) is 3.22. The molecular weight excluding hydrogens is 196 g/mol. The van der Waals surface area contributed by atoms with Crippen molar-refractivity contribution in [2.75, 3.05) is 19.0 Å². The third kappa shape index (κ3) is 4.82. The van der Waals surface area contributed by atoms with Gasteiger partial charge in [0.1, 0.15) is 5.25 Å². The SMILES string of the molecule is C=CC(=O)C(CO)SSCCO. The number of carbonyl (C=O) groups excluding carboxylic acids is 1. The van der Waals surface area contributed by atoms with Crippen molar-refractivity contribution in [3.63, 3.8) is 0 Å². The average molecular weight is 208 g/mol. The molecule has 0 saturated carbocycles. The summed E-state index contributed by atoms with van der Waals surface area (Å²) >= 11 is 0. The maximum absolute atomic E-state index is 11.0. The first-order valence-electron chi connectivity index (χ1n) is 3.42. The predicted molar refractivity (Wildman–Crippen MR) is 53.2 cm³/mol. The van der Waals surface area contributed by atoms with Gasteiger partial charge in [-0.05, 0) is 6.08 Å². The second kappa shape index (κ2) is 7.67. The van der Waals surface area contributed by atoms with Crippen molar-refractivity contribution in [2.24, 2.45) is 0 Å². The summed E-state index contributed by atoms with van der Waals surface area (Å²) in [5.74, 6) is 0.388. The van der Waals surface area contributed by atoms with Crippen LogP contribution in [-0.4, -0.2) is 40.2 Å². The molecule has 0 radical (unpaired) electrons. The number of rotatable bonds is 7. The van der Waals surface area contributed by atoms with Crippen molar-refractivity contribution >= 4 is 27.4 Å². The first-order valence-corrected chi connectivity index (χ1v) is 5.80. The van der Waals surface area contributed by atoms with E-state index in [0.29, 0.717) is 5.75 Å². The molecular formula is C7H12O3S2. The number of carbonyl (C=O) groups is 1. The molecule has 0 aliphatic heterocycles. The van der Waals surface area contributed by atoms with Crippen LogP contribution in [0.1, 0.15) is 0 Å². The molecule has 0 heterocycles. The zero-order chi connectivity index (χ0) is 9.40. The van der Waals surface area contributed by atoms with E-state index in [2.05, 4.69) is 6.58 Å². The van der Waals surface area contributed by atoms with Crippen LogP contribution in [0, 0.1) is 0 Å². The zero-order valence-electron chi connectivity index (χ0n) is 6.60. The Kier molecular flexibility index (Phi) is 7.69. The number of hydrogen-bond acceptors (Lipinski definition) is 5. The topological polar surface area (TPSA) is 57.5 Å². The normalized spacial score (nSPS) is 12.5. The third-order valence-electron chi connectivity index (χ3n) is 1.04. The minimum atomic E-state index is -0.445. The van der Waals surface area contributed by atoms with Gasteiger partial charge in [-0.3, -0.25) is 4.79 Å². The van der Waals surface area contributed by atoms with Crippen LogP contribution >= 0.6 is 21.6 Å². The molecule has 0 saturated heterocycles. The molecule has 70 valence electrons. The molecule has 0 aromatic heterocycles. The quantitative estimate of drug-likeness (QED) is 0.362. The van der Waals surface area contributed by atoms with Crippen molar-refractivity contribution in [1.29, 1.82) is 0 Å². The summed E-state index contributed by atoms with van der Waals surface area (Å²) in [5, 5.41) is 16.8. The van der Waals surface area contributed by atoms with E-state index in [0.717, 1.165) is 0 Å². The monoisotopic (exact) mass is 208 g/mol. The maximum Gasteiger partial charge on any atom is 0.171 e. The van der Waals surface area contributed by atoms with Crippen LogP contribution in [0.2, 0.25) is 0 Å². The number of aliphatic hydroxyl groups excluding tert-OH is 2. The lowest BCUT2D eigenvalue weighted by molar-refractivity contribution is -0.114. The van der Waals surface area contributed by atoms with Crippen LogP contribution in [0.15, 0.2) is 12.7 Å². The van der Waals surface area contributed by atoms with Crippen LogP contribution in [-0.2, 0) is 4.79 Å². The molecule has 5 heteroatoms. The lowest BCUT2D eigenvalue weighted by Crippen LogP contribution is -2.17. The molecule has 0 aliphatic rings. The standard InChI is InChI=1S/C7H12O3S2/c1-2-6(10)7(5-9)12-11-4-3-8/h2,7-9H,1,3-5H2. The van der Waals surface area contributed by atoms with E-state index in [9.17, 15) is 4.79 Å². The zero-order valence-corrected chi connectivity index (χ0v) is 8.24. The third-order valence-corrected chi connectivity index (χ3v) is 3.75. The van der Waals surface area contributed by atoms with Crippen LogP contribution in [0.4, 0.5) is 0 Å². The molecule has 3 nitrogen and oxygen atoms in total. The Morgan fingerprint density at radius 3 is 2.67 bits per heavy atom. The second-order valence-electron chi connectivity index (χ2n) is 1.92. The fourth-order valence-corrected chi connectivity index (χ4v) is 2.53. The van der Waals surface area contributed by atoms with E-state index in [1.807, 2.05) is 0 Å². The highest BCUT2D eigenvalue weighted by Crippen LogP contribution is 2.26. The molecule has 0 spiro atoms. The lowest BCUT2D eigenvalue weighted by atomic mass is 10.3. The highest BCUT2D eigenvalue weighted by Gasteiger charge is 2.14. The van der Waals surface area contributed by atoms with Gasteiger partial charge in [-0.1, -0.05) is 28.2 Å². The lowest BCUT2D eigenvalue weighted by Gasteiger charge is -2.07. The van der Waals surface area contributed by atoms with E-state index in [1.165, 1.54) is 27.7 Å². The molecule has 0 aromatic rings. The molecule has 12 heavy (non-hydrogen) atoms. The molecule has 0 aliphatic carbocycles. The Hall–Kier alpha value is 0.0300. The Balaban J connectivity index is 3.67. The minimum Gasteiger partial charge on any atom is -0.395 e. The summed E-state index contributed by atoms with van der Waals surface area (Å²) in [5.41, 5.74) is 0. The predicted octanol–water partition coefficient (Wildman–Crippen LogP) is 0.476. The van der Waals surface area contributed by atoms with Gasteiger partial charge in [-0.15, -0.1) is 0 Å².